The van der Waals surface area contributed by atoms with Crippen LogP contribution in [0, 0.1) is 6.92 Å². The van der Waals surface area contributed by atoms with E-state index in [4.69, 9.17) is 0 Å². The maximum atomic E-state index is 9.23. The van der Waals surface area contributed by atoms with Gasteiger partial charge in [0.25, 0.3) is 0 Å². The molecule has 4 aromatic rings. The summed E-state index contributed by atoms with van der Waals surface area (Å²) < 4.78 is 1.91. The second-order valence-electron chi connectivity index (χ2n) is 5.77. The molecule has 0 saturated heterocycles. The van der Waals surface area contributed by atoms with E-state index in [0.717, 1.165) is 16.9 Å². The molecule has 0 aliphatic carbocycles. The molecule has 0 amide bonds. The standard InChI is InChI=1S/C20H17N3O/c1-14-17(15-6-3-2-4-7-15)8-5-9-18(14)19-12-23-11-16(13-24)21-10-20(23)22-19/h2-12,24H,13H2,1H3. The van der Waals surface area contributed by atoms with Crippen molar-refractivity contribution in [2.75, 3.05) is 0 Å². The van der Waals surface area contributed by atoms with E-state index in [1.54, 1.807) is 6.20 Å². The second-order valence-corrected chi connectivity index (χ2v) is 5.77. The Labute approximate surface area is 140 Å². The molecule has 118 valence electrons. The van der Waals surface area contributed by atoms with Crippen molar-refractivity contribution in [2.24, 2.45) is 0 Å². The highest BCUT2D eigenvalue weighted by Crippen LogP contribution is 2.31. The number of aliphatic hydroxyl groups is 1. The van der Waals surface area contributed by atoms with E-state index < -0.39 is 0 Å². The highest BCUT2D eigenvalue weighted by molar-refractivity contribution is 5.77. The lowest BCUT2D eigenvalue weighted by Crippen LogP contribution is -1.92. The SMILES string of the molecule is Cc1c(-c2ccccc2)cccc1-c1cn2cc(CO)ncc2n1. The first kappa shape index (κ1) is 14.6. The van der Waals surface area contributed by atoms with E-state index in [2.05, 4.69) is 59.4 Å². The molecular weight excluding hydrogens is 298 g/mol. The van der Waals surface area contributed by atoms with Crippen LogP contribution in [0.1, 0.15) is 11.3 Å². The fraction of sp³-hybridized carbons (Fsp3) is 0.100. The van der Waals surface area contributed by atoms with Gasteiger partial charge in [-0.1, -0.05) is 48.5 Å². The first-order valence-corrected chi connectivity index (χ1v) is 7.86. The molecule has 4 rings (SSSR count). The fourth-order valence-electron chi connectivity index (χ4n) is 3.00. The number of benzene rings is 2. The summed E-state index contributed by atoms with van der Waals surface area (Å²) in [6.45, 7) is 2.05. The van der Waals surface area contributed by atoms with E-state index in [-0.39, 0.29) is 6.61 Å². The summed E-state index contributed by atoms with van der Waals surface area (Å²) >= 11 is 0. The minimum atomic E-state index is -0.0774. The van der Waals surface area contributed by atoms with Gasteiger partial charge in [0, 0.05) is 18.0 Å². The summed E-state index contributed by atoms with van der Waals surface area (Å²) in [5, 5.41) is 9.23. The van der Waals surface area contributed by atoms with Crippen LogP contribution < -0.4 is 0 Å². The Morgan fingerprint density at radius 1 is 0.958 bits per heavy atom. The van der Waals surface area contributed by atoms with Gasteiger partial charge in [0.1, 0.15) is 0 Å². The van der Waals surface area contributed by atoms with Crippen LogP contribution in [0.2, 0.25) is 0 Å². The van der Waals surface area contributed by atoms with Crippen molar-refractivity contribution in [3.05, 3.63) is 78.4 Å². The minimum absolute atomic E-state index is 0.0774. The third-order valence-electron chi connectivity index (χ3n) is 4.25. The molecule has 2 aromatic heterocycles. The summed E-state index contributed by atoms with van der Waals surface area (Å²) in [7, 11) is 0. The number of nitrogens with zero attached hydrogens (tertiary/aromatic N) is 3. The predicted octanol–water partition coefficient (Wildman–Crippen LogP) is 3.86. The first-order chi connectivity index (χ1) is 11.8. The molecular formula is C20H17N3O. The molecule has 4 heteroatoms. The molecule has 0 radical (unpaired) electrons. The molecule has 0 unspecified atom stereocenters. The van der Waals surface area contributed by atoms with Crippen LogP contribution in [-0.2, 0) is 6.61 Å². The van der Waals surface area contributed by atoms with E-state index >= 15 is 0 Å². The van der Waals surface area contributed by atoms with Gasteiger partial charge in [-0.05, 0) is 23.6 Å². The van der Waals surface area contributed by atoms with Gasteiger partial charge in [-0.2, -0.15) is 0 Å². The molecule has 0 aliphatic heterocycles. The van der Waals surface area contributed by atoms with Crippen LogP contribution in [0.3, 0.4) is 0 Å². The van der Waals surface area contributed by atoms with Gasteiger partial charge in [-0.3, -0.25) is 4.98 Å². The summed E-state index contributed by atoms with van der Waals surface area (Å²) in [5.74, 6) is 0. The number of imidazole rings is 1. The number of hydrogen-bond donors (Lipinski definition) is 1. The highest BCUT2D eigenvalue weighted by atomic mass is 16.3. The second kappa shape index (κ2) is 5.91. The maximum absolute atomic E-state index is 9.23. The molecule has 0 fully saturated rings. The Hall–Kier alpha value is -2.98. The van der Waals surface area contributed by atoms with E-state index in [0.29, 0.717) is 5.69 Å². The van der Waals surface area contributed by atoms with Crippen molar-refractivity contribution in [3.8, 4) is 22.4 Å². The van der Waals surface area contributed by atoms with E-state index in [1.807, 2.05) is 22.9 Å². The Morgan fingerprint density at radius 2 is 1.75 bits per heavy atom. The zero-order valence-corrected chi connectivity index (χ0v) is 13.3. The summed E-state index contributed by atoms with van der Waals surface area (Å²) in [4.78, 5) is 8.86. The Morgan fingerprint density at radius 3 is 2.54 bits per heavy atom. The summed E-state index contributed by atoms with van der Waals surface area (Å²) in [6.07, 6.45) is 5.47. The molecule has 2 aromatic carbocycles. The fourth-order valence-corrected chi connectivity index (χ4v) is 3.00. The summed E-state index contributed by atoms with van der Waals surface area (Å²) in [6, 6.07) is 16.6. The minimum Gasteiger partial charge on any atom is -0.390 e. The molecule has 0 bridgehead atoms. The number of aromatic nitrogens is 3. The van der Waals surface area contributed by atoms with Gasteiger partial charge in [0.15, 0.2) is 5.65 Å². The lowest BCUT2D eigenvalue weighted by molar-refractivity contribution is 0.276. The van der Waals surface area contributed by atoms with Crippen LogP contribution in [0.15, 0.2) is 67.1 Å². The molecule has 1 N–H and O–H groups in total. The third-order valence-corrected chi connectivity index (χ3v) is 4.25. The number of aliphatic hydroxyl groups excluding tert-OH is 1. The van der Waals surface area contributed by atoms with Gasteiger partial charge >= 0.3 is 0 Å². The zero-order valence-electron chi connectivity index (χ0n) is 13.3. The Balaban J connectivity index is 1.85. The van der Waals surface area contributed by atoms with Crippen molar-refractivity contribution in [3.63, 3.8) is 0 Å². The molecule has 0 spiro atoms. The van der Waals surface area contributed by atoms with Crippen molar-refractivity contribution in [1.82, 2.24) is 14.4 Å². The lowest BCUT2D eigenvalue weighted by atomic mass is 9.95. The lowest BCUT2D eigenvalue weighted by Gasteiger charge is -2.10. The van der Waals surface area contributed by atoms with Gasteiger partial charge in [-0.25, -0.2) is 4.98 Å². The van der Waals surface area contributed by atoms with E-state index in [1.165, 1.54) is 16.7 Å². The smallest absolute Gasteiger partial charge is 0.155 e. The average Bonchev–Trinajstić information content (AvgIpc) is 3.05. The molecule has 0 atom stereocenters. The van der Waals surface area contributed by atoms with Crippen LogP contribution in [0.25, 0.3) is 28.0 Å². The van der Waals surface area contributed by atoms with Gasteiger partial charge in [0.05, 0.1) is 24.2 Å². The largest absolute Gasteiger partial charge is 0.390 e. The highest BCUT2D eigenvalue weighted by Gasteiger charge is 2.11. The van der Waals surface area contributed by atoms with Crippen LogP contribution in [-0.4, -0.2) is 19.5 Å². The monoisotopic (exact) mass is 315 g/mol. The van der Waals surface area contributed by atoms with Crippen molar-refractivity contribution < 1.29 is 5.11 Å². The molecule has 0 saturated carbocycles. The molecule has 0 aliphatic rings. The van der Waals surface area contributed by atoms with Crippen molar-refractivity contribution in [2.45, 2.75) is 13.5 Å². The predicted molar refractivity (Wildman–Crippen MR) is 94.5 cm³/mol. The molecule has 4 nitrogen and oxygen atoms in total. The topological polar surface area (TPSA) is 50.4 Å². The quantitative estimate of drug-likeness (QED) is 0.624. The number of rotatable bonds is 3. The third kappa shape index (κ3) is 2.47. The van der Waals surface area contributed by atoms with E-state index in [9.17, 15) is 5.11 Å². The maximum Gasteiger partial charge on any atom is 0.155 e. The Bertz CT molecular complexity index is 1010. The molecule has 2 heterocycles. The van der Waals surface area contributed by atoms with Crippen molar-refractivity contribution >= 4 is 5.65 Å². The van der Waals surface area contributed by atoms with Crippen LogP contribution in [0.4, 0.5) is 0 Å². The zero-order chi connectivity index (χ0) is 16.5. The number of fused-ring (bicyclic) bond motifs is 1. The normalized spacial score (nSPS) is 11.1. The van der Waals surface area contributed by atoms with Crippen molar-refractivity contribution in [1.29, 1.82) is 0 Å². The molecule has 24 heavy (non-hydrogen) atoms. The van der Waals surface area contributed by atoms with Crippen LogP contribution in [0.5, 0.6) is 0 Å². The average molecular weight is 315 g/mol. The first-order valence-electron chi connectivity index (χ1n) is 7.86. The van der Waals surface area contributed by atoms with Crippen LogP contribution >= 0.6 is 0 Å². The number of hydrogen-bond acceptors (Lipinski definition) is 3. The van der Waals surface area contributed by atoms with Gasteiger partial charge in [-0.15, -0.1) is 0 Å². The Kier molecular flexibility index (Phi) is 3.59. The van der Waals surface area contributed by atoms with Gasteiger partial charge in [0.2, 0.25) is 0 Å². The van der Waals surface area contributed by atoms with Gasteiger partial charge < -0.3 is 9.51 Å². The summed E-state index contributed by atoms with van der Waals surface area (Å²) in [5.41, 5.74) is 7.01.